The molecule has 4 rings (SSSR count). The van der Waals surface area contributed by atoms with Crippen molar-refractivity contribution < 1.29 is 36.6 Å². The summed E-state index contributed by atoms with van der Waals surface area (Å²) >= 11 is 0. The first-order chi connectivity index (χ1) is 14.4. The molecule has 0 unspecified atom stereocenters. The van der Waals surface area contributed by atoms with Crippen LogP contribution in [0.2, 0.25) is 0 Å². The van der Waals surface area contributed by atoms with Gasteiger partial charge >= 0.3 is 18.1 Å². The molecule has 0 spiro atoms. The van der Waals surface area contributed by atoms with Crippen molar-refractivity contribution >= 4 is 11.9 Å². The number of rotatable bonds is 4. The SMILES string of the molecule is CC1(C)OC(=O)C(Cc2cc(C3(C(F)(F)F)CCC3)[nH]c2-c2ccc(F)cc2)C(=O)O1. The summed E-state index contributed by atoms with van der Waals surface area (Å²) in [6.45, 7) is 2.84. The number of hydrogen-bond donors (Lipinski definition) is 1. The molecule has 5 nitrogen and oxygen atoms in total. The van der Waals surface area contributed by atoms with Crippen molar-refractivity contribution in [2.75, 3.05) is 0 Å². The fourth-order valence-corrected chi connectivity index (χ4v) is 4.16. The number of carbonyl (C=O) groups is 2. The van der Waals surface area contributed by atoms with Gasteiger partial charge in [-0.25, -0.2) is 4.39 Å². The minimum absolute atomic E-state index is 0.0292. The Bertz CT molecular complexity index is 999. The number of carbonyl (C=O) groups excluding carboxylic acids is 2. The van der Waals surface area contributed by atoms with E-state index in [1.54, 1.807) is 0 Å². The second kappa shape index (κ2) is 7.10. The maximum Gasteiger partial charge on any atom is 0.399 e. The Morgan fingerprint density at radius 1 is 1.06 bits per heavy atom. The molecule has 1 aliphatic heterocycles. The Hall–Kier alpha value is -2.84. The molecule has 0 radical (unpaired) electrons. The summed E-state index contributed by atoms with van der Waals surface area (Å²) in [5.74, 6) is -4.81. The van der Waals surface area contributed by atoms with E-state index >= 15 is 0 Å². The van der Waals surface area contributed by atoms with Crippen LogP contribution in [0.3, 0.4) is 0 Å². The van der Waals surface area contributed by atoms with Crippen molar-refractivity contribution in [1.82, 2.24) is 4.98 Å². The third-order valence-electron chi connectivity index (χ3n) is 5.98. The normalized spacial score (nSPS) is 20.7. The Labute approximate surface area is 175 Å². The highest BCUT2D eigenvalue weighted by Gasteiger charge is 2.60. The van der Waals surface area contributed by atoms with Crippen LogP contribution < -0.4 is 0 Å². The first-order valence-corrected chi connectivity index (χ1v) is 9.93. The lowest BCUT2D eigenvalue weighted by Gasteiger charge is -2.42. The van der Waals surface area contributed by atoms with E-state index < -0.39 is 41.1 Å². The van der Waals surface area contributed by atoms with Gasteiger partial charge in [-0.3, -0.25) is 9.59 Å². The maximum atomic E-state index is 13.9. The number of aromatic nitrogens is 1. The van der Waals surface area contributed by atoms with E-state index in [9.17, 15) is 27.2 Å². The second-order valence-electron chi connectivity index (χ2n) is 8.52. The summed E-state index contributed by atoms with van der Waals surface area (Å²) < 4.78 is 65.3. The number of alkyl halides is 3. The summed E-state index contributed by atoms with van der Waals surface area (Å²) in [5, 5.41) is 0. The summed E-state index contributed by atoms with van der Waals surface area (Å²) in [6.07, 6.45) is -4.33. The molecule has 2 aromatic rings. The number of cyclic esters (lactones) is 2. The zero-order valence-corrected chi connectivity index (χ0v) is 16.9. The van der Waals surface area contributed by atoms with E-state index in [4.69, 9.17) is 9.47 Å². The Morgan fingerprint density at radius 3 is 2.13 bits per heavy atom. The van der Waals surface area contributed by atoms with Crippen LogP contribution in [0.15, 0.2) is 30.3 Å². The summed E-state index contributed by atoms with van der Waals surface area (Å²) in [5.41, 5.74) is -0.961. The van der Waals surface area contributed by atoms with E-state index in [0.29, 0.717) is 23.2 Å². The highest BCUT2D eigenvalue weighted by Crippen LogP contribution is 2.55. The standard InChI is InChI=1S/C22H21F4NO4/c1-20(2)30-18(28)15(19(29)31-20)10-13-11-16(21(8-3-9-21)22(24,25)26)27-17(13)12-4-6-14(23)7-5-12/h4-7,11,15,27H,3,8-10H2,1-2H3. The third-order valence-corrected chi connectivity index (χ3v) is 5.98. The molecule has 9 heteroatoms. The molecule has 0 atom stereocenters. The van der Waals surface area contributed by atoms with Crippen molar-refractivity contribution in [3.05, 3.63) is 47.4 Å². The predicted molar refractivity (Wildman–Crippen MR) is 101 cm³/mol. The molecule has 1 aromatic carbocycles. The van der Waals surface area contributed by atoms with E-state index in [-0.39, 0.29) is 25.0 Å². The highest BCUT2D eigenvalue weighted by atomic mass is 19.4. The van der Waals surface area contributed by atoms with Crippen LogP contribution in [-0.2, 0) is 30.9 Å². The Kier molecular flexibility index (Phi) is 4.90. The molecule has 2 fully saturated rings. The summed E-state index contributed by atoms with van der Waals surface area (Å²) in [7, 11) is 0. The van der Waals surface area contributed by atoms with Gasteiger partial charge in [0.15, 0.2) is 5.92 Å². The minimum Gasteiger partial charge on any atom is -0.422 e. The Balaban J connectivity index is 1.76. The maximum absolute atomic E-state index is 13.9. The van der Waals surface area contributed by atoms with Gasteiger partial charge in [0.25, 0.3) is 5.79 Å². The number of benzene rings is 1. The van der Waals surface area contributed by atoms with Crippen LogP contribution in [0.25, 0.3) is 11.3 Å². The number of nitrogens with one attached hydrogen (secondary N) is 1. The summed E-state index contributed by atoms with van der Waals surface area (Å²) in [4.78, 5) is 27.6. The second-order valence-corrected chi connectivity index (χ2v) is 8.52. The smallest absolute Gasteiger partial charge is 0.399 e. The van der Waals surface area contributed by atoms with Crippen LogP contribution in [0.1, 0.15) is 44.4 Å². The molecule has 2 aliphatic rings. The van der Waals surface area contributed by atoms with Crippen LogP contribution in [0.5, 0.6) is 0 Å². The number of hydrogen-bond acceptors (Lipinski definition) is 4. The third kappa shape index (κ3) is 3.70. The minimum atomic E-state index is -4.46. The lowest BCUT2D eigenvalue weighted by atomic mass is 9.66. The topological polar surface area (TPSA) is 68.4 Å². The molecule has 1 N–H and O–H groups in total. The quantitative estimate of drug-likeness (QED) is 0.422. The molecule has 2 heterocycles. The average Bonchev–Trinajstić information content (AvgIpc) is 2.99. The van der Waals surface area contributed by atoms with E-state index in [1.807, 2.05) is 0 Å². The highest BCUT2D eigenvalue weighted by molar-refractivity contribution is 5.97. The number of ether oxygens (including phenoxy) is 2. The fraction of sp³-hybridized carbons (Fsp3) is 0.455. The molecular formula is C22H21F4NO4. The van der Waals surface area contributed by atoms with Gasteiger partial charge in [-0.15, -0.1) is 0 Å². The lowest BCUT2D eigenvalue weighted by Crippen LogP contribution is -2.48. The molecule has 1 aliphatic carbocycles. The number of H-pyrrole nitrogens is 1. The first kappa shape index (κ1) is 21.4. The van der Waals surface area contributed by atoms with Gasteiger partial charge in [-0.1, -0.05) is 6.42 Å². The zero-order chi connectivity index (χ0) is 22.6. The van der Waals surface area contributed by atoms with Gasteiger partial charge in [0.2, 0.25) is 0 Å². The molecule has 1 saturated carbocycles. The van der Waals surface area contributed by atoms with Crippen LogP contribution in [0, 0.1) is 11.7 Å². The van der Waals surface area contributed by atoms with Crippen molar-refractivity contribution in [2.24, 2.45) is 5.92 Å². The zero-order valence-electron chi connectivity index (χ0n) is 16.9. The Morgan fingerprint density at radius 2 is 1.65 bits per heavy atom. The average molecular weight is 439 g/mol. The van der Waals surface area contributed by atoms with Crippen LogP contribution in [-0.4, -0.2) is 28.9 Å². The molecule has 0 bridgehead atoms. The van der Waals surface area contributed by atoms with Crippen molar-refractivity contribution in [3.8, 4) is 11.3 Å². The van der Waals surface area contributed by atoms with E-state index in [1.165, 1.54) is 44.2 Å². The monoisotopic (exact) mass is 439 g/mol. The van der Waals surface area contributed by atoms with Crippen LogP contribution >= 0.6 is 0 Å². The van der Waals surface area contributed by atoms with Gasteiger partial charge in [-0.2, -0.15) is 13.2 Å². The summed E-state index contributed by atoms with van der Waals surface area (Å²) in [6, 6.07) is 6.58. The van der Waals surface area contributed by atoms with Crippen molar-refractivity contribution in [2.45, 2.75) is 56.9 Å². The van der Waals surface area contributed by atoms with Gasteiger partial charge in [0.05, 0.1) is 0 Å². The first-order valence-electron chi connectivity index (χ1n) is 9.93. The predicted octanol–water partition coefficient (Wildman–Crippen LogP) is 4.80. The molecule has 1 saturated heterocycles. The van der Waals surface area contributed by atoms with Crippen molar-refractivity contribution in [1.29, 1.82) is 0 Å². The van der Waals surface area contributed by atoms with Gasteiger partial charge < -0.3 is 14.5 Å². The van der Waals surface area contributed by atoms with Gasteiger partial charge in [0, 0.05) is 25.2 Å². The molecular weight excluding hydrogens is 418 g/mol. The fourth-order valence-electron chi connectivity index (χ4n) is 4.16. The lowest BCUT2D eigenvalue weighted by molar-refractivity contribution is -0.239. The van der Waals surface area contributed by atoms with Gasteiger partial charge in [-0.05, 0) is 60.7 Å². The van der Waals surface area contributed by atoms with Crippen molar-refractivity contribution in [3.63, 3.8) is 0 Å². The van der Waals surface area contributed by atoms with Gasteiger partial charge in [0.1, 0.15) is 11.2 Å². The van der Waals surface area contributed by atoms with E-state index in [0.717, 1.165) is 0 Å². The largest absolute Gasteiger partial charge is 0.422 e. The number of halogens is 4. The molecule has 166 valence electrons. The molecule has 31 heavy (non-hydrogen) atoms. The van der Waals surface area contributed by atoms with E-state index in [2.05, 4.69) is 4.98 Å². The molecule has 0 amide bonds. The number of aromatic amines is 1. The molecule has 1 aromatic heterocycles. The number of esters is 2. The van der Waals surface area contributed by atoms with Crippen LogP contribution in [0.4, 0.5) is 17.6 Å².